The van der Waals surface area contributed by atoms with Crippen LogP contribution in [0, 0.1) is 17.7 Å². The molecule has 4 aromatic rings. The lowest BCUT2D eigenvalue weighted by Crippen LogP contribution is -2.49. The Balaban J connectivity index is 1.48. The lowest BCUT2D eigenvalue weighted by molar-refractivity contribution is -0.142. The topological polar surface area (TPSA) is 66.5 Å². The minimum absolute atomic E-state index is 0.124. The van der Waals surface area contributed by atoms with Crippen molar-refractivity contribution in [3.63, 3.8) is 0 Å². The van der Waals surface area contributed by atoms with Gasteiger partial charge in [0.05, 0.1) is 12.0 Å². The van der Waals surface area contributed by atoms with Crippen LogP contribution in [0.2, 0.25) is 10.0 Å². The van der Waals surface area contributed by atoms with Crippen LogP contribution in [0.5, 0.6) is 0 Å². The highest BCUT2D eigenvalue weighted by atomic mass is 35.5. The number of rotatable bonds is 8. The summed E-state index contributed by atoms with van der Waals surface area (Å²) in [5, 5.41) is 5.93. The lowest BCUT2D eigenvalue weighted by atomic mass is 9.77. The van der Waals surface area contributed by atoms with E-state index in [1.807, 2.05) is 29.6 Å². The van der Waals surface area contributed by atoms with Crippen LogP contribution in [0.25, 0.3) is 0 Å². The van der Waals surface area contributed by atoms with Gasteiger partial charge in [-0.05, 0) is 83.9 Å². The van der Waals surface area contributed by atoms with Crippen molar-refractivity contribution >= 4 is 52.1 Å². The number of amides is 2. The first-order valence-corrected chi connectivity index (χ1v) is 15.4. The zero-order chi connectivity index (χ0) is 29.4. The quantitative estimate of drug-likeness (QED) is 0.208. The zero-order valence-corrected chi connectivity index (χ0v) is 24.7. The summed E-state index contributed by atoms with van der Waals surface area (Å²) < 4.78 is 13.5. The third-order valence-corrected chi connectivity index (χ3v) is 9.46. The smallest absolute Gasteiger partial charge is 0.243 e. The predicted molar refractivity (Wildman–Crippen MR) is 162 cm³/mol. The second kappa shape index (κ2) is 12.0. The normalized spacial score (nSPS) is 21.7. The molecule has 4 atom stereocenters. The summed E-state index contributed by atoms with van der Waals surface area (Å²) in [6, 6.07) is 21.9. The Labute approximate surface area is 257 Å². The van der Waals surface area contributed by atoms with Gasteiger partial charge >= 0.3 is 0 Å². The Kier molecular flexibility index (Phi) is 8.17. The van der Waals surface area contributed by atoms with Crippen LogP contribution in [0.1, 0.15) is 51.2 Å². The summed E-state index contributed by atoms with van der Waals surface area (Å²) in [6.45, 7) is 0.147. The Morgan fingerprint density at radius 2 is 1.52 bits per heavy atom. The Morgan fingerprint density at radius 1 is 0.881 bits per heavy atom. The van der Waals surface area contributed by atoms with Gasteiger partial charge in [-0.3, -0.25) is 14.4 Å². The number of carbonyl (C=O) groups is 3. The van der Waals surface area contributed by atoms with E-state index in [1.54, 1.807) is 53.4 Å². The van der Waals surface area contributed by atoms with E-state index in [9.17, 15) is 18.8 Å². The highest BCUT2D eigenvalue weighted by molar-refractivity contribution is 7.10. The van der Waals surface area contributed by atoms with Crippen molar-refractivity contribution < 1.29 is 18.8 Å². The second-order valence-electron chi connectivity index (χ2n) is 10.7. The van der Waals surface area contributed by atoms with E-state index >= 15 is 0 Å². The molecule has 0 bridgehead atoms. The van der Waals surface area contributed by atoms with Gasteiger partial charge in [-0.2, -0.15) is 0 Å². The number of halogens is 3. The van der Waals surface area contributed by atoms with Gasteiger partial charge in [0.1, 0.15) is 11.9 Å². The van der Waals surface area contributed by atoms with Crippen LogP contribution in [0.4, 0.5) is 4.39 Å². The molecule has 4 unspecified atom stereocenters. The SMILES string of the molecule is O=C(c1ccc(Cl)cc1)C1C(c2ccc(Cl)cc2)C(C(=O)NCc2ccc(F)cc2)N(C(=O)C2CC2)C1c1cccs1. The Hall–Kier alpha value is -3.52. The largest absolute Gasteiger partial charge is 0.350 e. The molecule has 2 fully saturated rings. The van der Waals surface area contributed by atoms with E-state index in [1.165, 1.54) is 23.5 Å². The standard InChI is InChI=1S/C33H27Cl2FN2O3S/c34-23-11-7-20(8-12-23)27-28(31(39)21-9-13-24(35)14-10-21)29(26-2-1-17-42-26)38(33(41)22-5-6-22)30(27)32(40)37-18-19-3-15-25(36)16-4-19/h1-4,7-17,22,27-30H,5-6,18H2,(H,37,40). The molecule has 2 heterocycles. The summed E-state index contributed by atoms with van der Waals surface area (Å²) in [6.07, 6.45) is 1.50. The second-order valence-corrected chi connectivity index (χ2v) is 12.6. The molecule has 6 rings (SSSR count). The molecule has 0 spiro atoms. The van der Waals surface area contributed by atoms with Gasteiger partial charge in [-0.1, -0.05) is 53.5 Å². The first-order chi connectivity index (χ1) is 20.3. The Bertz CT molecular complexity index is 1590. The fraction of sp³-hybridized carbons (Fsp3) is 0.242. The molecule has 42 heavy (non-hydrogen) atoms. The molecular formula is C33H27Cl2FN2O3S. The van der Waals surface area contributed by atoms with Gasteiger partial charge in [0.25, 0.3) is 0 Å². The molecular weight excluding hydrogens is 594 g/mol. The van der Waals surface area contributed by atoms with Gasteiger partial charge < -0.3 is 10.2 Å². The van der Waals surface area contributed by atoms with Crippen molar-refractivity contribution in [3.8, 4) is 0 Å². The third kappa shape index (κ3) is 5.74. The summed E-state index contributed by atoms with van der Waals surface area (Å²) in [7, 11) is 0. The number of carbonyl (C=O) groups excluding carboxylic acids is 3. The highest BCUT2D eigenvalue weighted by Crippen LogP contribution is 2.54. The van der Waals surface area contributed by atoms with Gasteiger partial charge in [0.15, 0.2) is 5.78 Å². The van der Waals surface area contributed by atoms with Crippen LogP contribution < -0.4 is 5.32 Å². The lowest BCUT2D eigenvalue weighted by Gasteiger charge is -2.31. The molecule has 2 amide bonds. The minimum Gasteiger partial charge on any atom is -0.350 e. The van der Waals surface area contributed by atoms with Crippen molar-refractivity contribution in [2.45, 2.75) is 37.4 Å². The molecule has 1 aromatic heterocycles. The molecule has 9 heteroatoms. The molecule has 5 nitrogen and oxygen atoms in total. The van der Waals surface area contributed by atoms with E-state index in [4.69, 9.17) is 23.2 Å². The van der Waals surface area contributed by atoms with Crippen LogP contribution in [0.15, 0.2) is 90.3 Å². The van der Waals surface area contributed by atoms with E-state index in [2.05, 4.69) is 5.32 Å². The number of nitrogens with zero attached hydrogens (tertiary/aromatic N) is 1. The van der Waals surface area contributed by atoms with E-state index < -0.39 is 23.9 Å². The average molecular weight is 622 g/mol. The van der Waals surface area contributed by atoms with E-state index in [-0.39, 0.29) is 35.9 Å². The first kappa shape index (κ1) is 28.6. The number of thiophene rings is 1. The number of ketones is 1. The van der Waals surface area contributed by atoms with Crippen molar-refractivity contribution in [3.05, 3.63) is 128 Å². The van der Waals surface area contributed by atoms with E-state index in [0.29, 0.717) is 15.6 Å². The van der Waals surface area contributed by atoms with Crippen molar-refractivity contribution in [1.29, 1.82) is 0 Å². The maximum atomic E-state index is 14.5. The highest BCUT2D eigenvalue weighted by Gasteiger charge is 2.59. The van der Waals surface area contributed by atoms with Gasteiger partial charge in [-0.25, -0.2) is 4.39 Å². The summed E-state index contributed by atoms with van der Waals surface area (Å²) >= 11 is 13.8. The van der Waals surface area contributed by atoms with Crippen molar-refractivity contribution in [2.75, 3.05) is 0 Å². The molecule has 0 radical (unpaired) electrons. The summed E-state index contributed by atoms with van der Waals surface area (Å²) in [4.78, 5) is 45.3. The molecule has 2 aliphatic rings. The number of hydrogen-bond donors (Lipinski definition) is 1. The maximum absolute atomic E-state index is 14.5. The molecule has 1 N–H and O–H groups in total. The minimum atomic E-state index is -0.965. The van der Waals surface area contributed by atoms with Crippen LogP contribution in [0.3, 0.4) is 0 Å². The first-order valence-electron chi connectivity index (χ1n) is 13.7. The molecule has 1 aliphatic carbocycles. The number of benzene rings is 3. The summed E-state index contributed by atoms with van der Waals surface area (Å²) in [5.74, 6) is -2.64. The molecule has 1 saturated carbocycles. The van der Waals surface area contributed by atoms with Gasteiger partial charge in [0.2, 0.25) is 11.8 Å². The molecule has 3 aromatic carbocycles. The van der Waals surface area contributed by atoms with E-state index in [0.717, 1.165) is 28.8 Å². The van der Waals surface area contributed by atoms with Crippen molar-refractivity contribution in [2.24, 2.45) is 11.8 Å². The predicted octanol–water partition coefficient (Wildman–Crippen LogP) is 7.46. The Morgan fingerprint density at radius 3 is 2.12 bits per heavy atom. The zero-order valence-electron chi connectivity index (χ0n) is 22.4. The maximum Gasteiger partial charge on any atom is 0.243 e. The van der Waals surface area contributed by atoms with Crippen LogP contribution >= 0.6 is 34.5 Å². The van der Waals surface area contributed by atoms with Crippen LogP contribution in [-0.2, 0) is 16.1 Å². The van der Waals surface area contributed by atoms with Gasteiger partial charge in [0, 0.05) is 38.9 Å². The van der Waals surface area contributed by atoms with Gasteiger partial charge in [-0.15, -0.1) is 11.3 Å². The fourth-order valence-corrected chi connectivity index (χ4v) is 7.00. The van der Waals surface area contributed by atoms with Crippen molar-refractivity contribution in [1.82, 2.24) is 10.2 Å². The number of likely N-dealkylation sites (tertiary alicyclic amines) is 1. The number of Topliss-reactive ketones (excluding diaryl/α,β-unsaturated/α-hetero) is 1. The fourth-order valence-electron chi connectivity index (χ4n) is 5.87. The summed E-state index contributed by atoms with van der Waals surface area (Å²) in [5.41, 5.74) is 1.91. The number of nitrogens with one attached hydrogen (secondary N) is 1. The average Bonchev–Trinajstić information content (AvgIpc) is 3.59. The molecule has 1 saturated heterocycles. The third-order valence-electron chi connectivity index (χ3n) is 8.02. The molecule has 214 valence electrons. The van der Waals surface area contributed by atoms with Crippen LogP contribution in [-0.4, -0.2) is 28.5 Å². The molecule has 1 aliphatic heterocycles. The monoisotopic (exact) mass is 620 g/mol. The number of hydrogen-bond acceptors (Lipinski definition) is 4.